The van der Waals surface area contributed by atoms with Gasteiger partial charge in [0, 0.05) is 42.4 Å². The van der Waals surface area contributed by atoms with Crippen molar-refractivity contribution < 1.29 is 9.53 Å². The Bertz CT molecular complexity index is 861. The smallest absolute Gasteiger partial charge is 0.253 e. The first-order chi connectivity index (χ1) is 14.1. The van der Waals surface area contributed by atoms with Gasteiger partial charge in [0.15, 0.2) is 0 Å². The van der Waals surface area contributed by atoms with Gasteiger partial charge < -0.3 is 20.7 Å². The van der Waals surface area contributed by atoms with Crippen LogP contribution in [0.1, 0.15) is 36.0 Å². The molecule has 2 saturated heterocycles. The Kier molecular flexibility index (Phi) is 6.67. The number of halogens is 1. The highest BCUT2D eigenvalue weighted by molar-refractivity contribution is 9.10. The number of carbonyl (C=O) groups is 1. The van der Waals surface area contributed by atoms with E-state index in [-0.39, 0.29) is 5.91 Å². The summed E-state index contributed by atoms with van der Waals surface area (Å²) in [7, 11) is 0. The van der Waals surface area contributed by atoms with Crippen molar-refractivity contribution in [3.05, 3.63) is 34.4 Å². The number of fused-ring (bicyclic) bond motifs is 1. The van der Waals surface area contributed by atoms with Crippen LogP contribution in [0.3, 0.4) is 0 Å². The lowest BCUT2D eigenvalue weighted by Crippen LogP contribution is -2.41. The summed E-state index contributed by atoms with van der Waals surface area (Å²) in [6.45, 7) is 5.97. The molecule has 4 rings (SSSR count). The lowest BCUT2D eigenvalue weighted by atomic mass is 9.94. The van der Waals surface area contributed by atoms with E-state index in [1.807, 2.05) is 12.1 Å². The van der Waals surface area contributed by atoms with Gasteiger partial charge in [0.2, 0.25) is 0 Å². The van der Waals surface area contributed by atoms with Gasteiger partial charge in [0.05, 0.1) is 16.8 Å². The fourth-order valence-corrected chi connectivity index (χ4v) is 4.85. The number of anilines is 1. The van der Waals surface area contributed by atoms with Crippen molar-refractivity contribution in [2.45, 2.75) is 25.7 Å². The van der Waals surface area contributed by atoms with Gasteiger partial charge in [-0.15, -0.1) is 0 Å². The number of nitrogens with zero attached hydrogens (tertiary/aromatic N) is 2. The van der Waals surface area contributed by atoms with Crippen molar-refractivity contribution in [2.24, 2.45) is 11.8 Å². The number of nitrogens with one attached hydrogen (secondary N) is 1. The predicted octanol–water partition coefficient (Wildman–Crippen LogP) is 3.45. The molecule has 0 bridgehead atoms. The minimum Gasteiger partial charge on any atom is -0.397 e. The third kappa shape index (κ3) is 4.90. The van der Waals surface area contributed by atoms with Gasteiger partial charge in [-0.3, -0.25) is 9.78 Å². The van der Waals surface area contributed by atoms with E-state index in [4.69, 9.17) is 10.5 Å². The summed E-state index contributed by atoms with van der Waals surface area (Å²) < 4.78 is 6.19. The molecule has 1 amide bonds. The summed E-state index contributed by atoms with van der Waals surface area (Å²) in [5.41, 5.74) is 7.96. The largest absolute Gasteiger partial charge is 0.397 e. The van der Waals surface area contributed by atoms with E-state index in [9.17, 15) is 4.79 Å². The Morgan fingerprint density at radius 3 is 2.76 bits per heavy atom. The van der Waals surface area contributed by atoms with Gasteiger partial charge in [0.1, 0.15) is 0 Å². The summed E-state index contributed by atoms with van der Waals surface area (Å²) in [5, 5.41) is 3.93. The number of rotatable bonds is 5. The van der Waals surface area contributed by atoms with Crippen molar-refractivity contribution in [3.8, 4) is 0 Å². The van der Waals surface area contributed by atoms with Gasteiger partial charge in [-0.05, 0) is 84.7 Å². The van der Waals surface area contributed by atoms with Gasteiger partial charge in [0.25, 0.3) is 5.91 Å². The highest BCUT2D eigenvalue weighted by Crippen LogP contribution is 2.30. The number of nitrogens with two attached hydrogens (primary N) is 1. The van der Waals surface area contributed by atoms with Crippen LogP contribution in [0.5, 0.6) is 0 Å². The van der Waals surface area contributed by atoms with Crippen LogP contribution < -0.4 is 11.1 Å². The summed E-state index contributed by atoms with van der Waals surface area (Å²) in [6.07, 6.45) is 6.34. The quantitative estimate of drug-likeness (QED) is 0.667. The van der Waals surface area contributed by atoms with Gasteiger partial charge in [-0.2, -0.15) is 0 Å². The summed E-state index contributed by atoms with van der Waals surface area (Å²) >= 11 is 3.46. The molecule has 156 valence electrons. The van der Waals surface area contributed by atoms with Crippen LogP contribution in [0.4, 0.5) is 5.69 Å². The molecule has 29 heavy (non-hydrogen) atoms. The average molecular weight is 461 g/mol. The van der Waals surface area contributed by atoms with E-state index < -0.39 is 0 Å². The molecule has 0 atom stereocenters. The first kappa shape index (κ1) is 20.6. The van der Waals surface area contributed by atoms with Gasteiger partial charge in [-0.25, -0.2) is 0 Å². The van der Waals surface area contributed by atoms with Crippen molar-refractivity contribution >= 4 is 38.4 Å². The Balaban J connectivity index is 1.31. The molecule has 0 aliphatic carbocycles. The predicted molar refractivity (Wildman–Crippen MR) is 119 cm³/mol. The molecule has 0 unspecified atom stereocenters. The molecule has 3 N–H and O–H groups in total. The number of piperidine rings is 1. The summed E-state index contributed by atoms with van der Waals surface area (Å²) in [6, 6.07) is 5.50. The van der Waals surface area contributed by atoms with Gasteiger partial charge >= 0.3 is 0 Å². The normalized spacial score (nSPS) is 19.5. The molecular weight excluding hydrogens is 432 g/mol. The molecule has 2 aliphatic rings. The standard InChI is InChI=1S/C22H29BrN4O2/c23-19-12-18(21-17(20(19)24)2-1-7-25-21)22(28)26-13-15-3-8-27(9-4-15)14-16-5-10-29-11-6-16/h1-2,7,12,15-16H,3-6,8-11,13-14,24H2,(H,26,28). The van der Waals surface area contributed by atoms with E-state index in [0.717, 1.165) is 54.9 Å². The third-order valence-corrected chi connectivity index (χ3v) is 6.90. The maximum atomic E-state index is 12.9. The van der Waals surface area contributed by atoms with Crippen LogP contribution in [-0.2, 0) is 4.74 Å². The lowest BCUT2D eigenvalue weighted by Gasteiger charge is -2.35. The highest BCUT2D eigenvalue weighted by Gasteiger charge is 2.24. The number of pyridine rings is 1. The maximum Gasteiger partial charge on any atom is 0.253 e. The number of carbonyl (C=O) groups excluding carboxylic acids is 1. The number of likely N-dealkylation sites (tertiary alicyclic amines) is 1. The number of nitrogen functional groups attached to an aromatic ring is 1. The minimum atomic E-state index is -0.0842. The lowest BCUT2D eigenvalue weighted by molar-refractivity contribution is 0.0467. The second-order valence-electron chi connectivity index (χ2n) is 8.23. The SMILES string of the molecule is Nc1c(Br)cc(C(=O)NCC2CCN(CC3CCOCC3)CC2)c2ncccc12. The summed E-state index contributed by atoms with van der Waals surface area (Å²) in [4.78, 5) is 19.8. The molecule has 1 aromatic heterocycles. The number of aromatic nitrogens is 1. The monoisotopic (exact) mass is 460 g/mol. The Morgan fingerprint density at radius 2 is 2.00 bits per heavy atom. The maximum absolute atomic E-state index is 12.9. The molecule has 0 saturated carbocycles. The first-order valence-corrected chi connectivity index (χ1v) is 11.3. The first-order valence-electron chi connectivity index (χ1n) is 10.5. The van der Waals surface area contributed by atoms with E-state index in [1.165, 1.54) is 19.4 Å². The van der Waals surface area contributed by atoms with Crippen LogP contribution >= 0.6 is 15.9 Å². The van der Waals surface area contributed by atoms with Crippen LogP contribution in [0.25, 0.3) is 10.9 Å². The topological polar surface area (TPSA) is 80.5 Å². The van der Waals surface area contributed by atoms with Crippen LogP contribution in [0.15, 0.2) is 28.9 Å². The molecule has 0 radical (unpaired) electrons. The minimum absolute atomic E-state index is 0.0842. The molecular formula is C22H29BrN4O2. The number of benzene rings is 1. The van der Waals surface area contributed by atoms with Crippen LogP contribution in [0.2, 0.25) is 0 Å². The second-order valence-corrected chi connectivity index (χ2v) is 9.08. The number of hydrogen-bond donors (Lipinski definition) is 2. The second kappa shape index (κ2) is 9.41. The fourth-order valence-electron chi connectivity index (χ4n) is 4.41. The third-order valence-electron chi connectivity index (χ3n) is 6.24. The van der Waals surface area contributed by atoms with E-state index in [1.54, 1.807) is 12.3 Å². The number of hydrogen-bond acceptors (Lipinski definition) is 5. The van der Waals surface area contributed by atoms with E-state index in [2.05, 4.69) is 31.1 Å². The highest BCUT2D eigenvalue weighted by atomic mass is 79.9. The van der Waals surface area contributed by atoms with E-state index >= 15 is 0 Å². The zero-order valence-electron chi connectivity index (χ0n) is 16.7. The zero-order valence-corrected chi connectivity index (χ0v) is 18.3. The number of amides is 1. The molecule has 2 fully saturated rings. The Hall–Kier alpha value is -1.70. The Labute approximate surface area is 180 Å². The molecule has 0 spiro atoms. The Morgan fingerprint density at radius 1 is 1.24 bits per heavy atom. The molecule has 3 heterocycles. The molecule has 6 nitrogen and oxygen atoms in total. The molecule has 7 heteroatoms. The fraction of sp³-hybridized carbons (Fsp3) is 0.545. The van der Waals surface area contributed by atoms with Crippen molar-refractivity contribution in [2.75, 3.05) is 45.1 Å². The van der Waals surface area contributed by atoms with Gasteiger partial charge in [-0.1, -0.05) is 0 Å². The van der Waals surface area contributed by atoms with Crippen LogP contribution in [-0.4, -0.2) is 55.2 Å². The average Bonchev–Trinajstić information content (AvgIpc) is 2.76. The van der Waals surface area contributed by atoms with Crippen LogP contribution in [0, 0.1) is 11.8 Å². The zero-order chi connectivity index (χ0) is 20.2. The molecule has 2 aliphatic heterocycles. The van der Waals surface area contributed by atoms with Crippen molar-refractivity contribution in [1.82, 2.24) is 15.2 Å². The summed E-state index contributed by atoms with van der Waals surface area (Å²) in [5.74, 6) is 1.23. The van der Waals surface area contributed by atoms with Crippen molar-refractivity contribution in [1.29, 1.82) is 0 Å². The molecule has 2 aromatic rings. The van der Waals surface area contributed by atoms with E-state index in [0.29, 0.717) is 29.2 Å². The molecule has 1 aromatic carbocycles. The number of ether oxygens (including phenoxy) is 1. The van der Waals surface area contributed by atoms with Crippen molar-refractivity contribution in [3.63, 3.8) is 0 Å².